The van der Waals surface area contributed by atoms with Crippen LogP contribution in [0.1, 0.15) is 23.2 Å². The number of benzene rings is 1. The van der Waals surface area contributed by atoms with Crippen molar-refractivity contribution in [2.75, 3.05) is 13.1 Å². The zero-order chi connectivity index (χ0) is 16.5. The summed E-state index contributed by atoms with van der Waals surface area (Å²) in [5, 5.41) is 0. The van der Waals surface area contributed by atoms with E-state index in [1.807, 2.05) is 0 Å². The number of rotatable bonds is 3. The molecule has 0 saturated carbocycles. The van der Waals surface area contributed by atoms with Crippen molar-refractivity contribution in [1.29, 1.82) is 0 Å². The van der Waals surface area contributed by atoms with Gasteiger partial charge in [0.05, 0.1) is 4.90 Å². The van der Waals surface area contributed by atoms with Gasteiger partial charge in [-0.2, -0.15) is 13.2 Å². The van der Waals surface area contributed by atoms with E-state index in [4.69, 9.17) is 5.73 Å². The number of carbonyl (C=O) groups is 1. The number of nitrogens with zero attached hydrogens (tertiary/aromatic N) is 1. The molecule has 0 unspecified atom stereocenters. The van der Waals surface area contributed by atoms with Gasteiger partial charge in [0.25, 0.3) is 15.7 Å². The van der Waals surface area contributed by atoms with Gasteiger partial charge in [-0.25, -0.2) is 8.42 Å². The Morgan fingerprint density at radius 3 is 2.36 bits per heavy atom. The first-order chi connectivity index (χ1) is 10.2. The third-order valence-electron chi connectivity index (χ3n) is 3.63. The molecule has 1 amide bonds. The molecule has 5 nitrogen and oxygen atoms in total. The fraction of sp³-hybridized carbons (Fsp3) is 0.462. The van der Waals surface area contributed by atoms with Crippen LogP contribution < -0.4 is 5.73 Å². The Labute approximate surface area is 125 Å². The second kappa shape index (κ2) is 5.88. The van der Waals surface area contributed by atoms with Crippen LogP contribution in [-0.4, -0.2) is 43.9 Å². The Morgan fingerprint density at radius 1 is 1.27 bits per heavy atom. The number of carbonyl (C=O) groups excluding carboxylic acids is 1. The van der Waals surface area contributed by atoms with Crippen LogP contribution in [0.4, 0.5) is 13.2 Å². The summed E-state index contributed by atoms with van der Waals surface area (Å²) in [4.78, 5) is 13.0. The van der Waals surface area contributed by atoms with Gasteiger partial charge in [0.1, 0.15) is 0 Å². The largest absolute Gasteiger partial charge is 0.501 e. The number of alkyl halides is 3. The van der Waals surface area contributed by atoms with Crippen molar-refractivity contribution in [2.45, 2.75) is 29.3 Å². The summed E-state index contributed by atoms with van der Waals surface area (Å²) >= 11 is 0. The number of likely N-dealkylation sites (tertiary alicyclic amines) is 1. The van der Waals surface area contributed by atoms with Crippen molar-refractivity contribution in [2.24, 2.45) is 5.73 Å². The van der Waals surface area contributed by atoms with E-state index in [0.29, 0.717) is 13.1 Å². The lowest BCUT2D eigenvalue weighted by Crippen LogP contribution is -2.39. The van der Waals surface area contributed by atoms with Gasteiger partial charge in [-0.05, 0) is 37.1 Å². The van der Waals surface area contributed by atoms with Crippen LogP contribution >= 0.6 is 0 Å². The van der Waals surface area contributed by atoms with Crippen molar-refractivity contribution in [3.05, 3.63) is 29.8 Å². The molecule has 1 heterocycles. The molecule has 0 radical (unpaired) electrons. The van der Waals surface area contributed by atoms with Gasteiger partial charge in [-0.3, -0.25) is 4.79 Å². The first kappa shape index (κ1) is 16.8. The summed E-state index contributed by atoms with van der Waals surface area (Å²) in [5.41, 5.74) is 0.348. The molecular weight excluding hydrogens is 321 g/mol. The lowest BCUT2D eigenvalue weighted by atomic mass is 10.1. The van der Waals surface area contributed by atoms with Gasteiger partial charge >= 0.3 is 5.51 Å². The number of sulfone groups is 1. The number of halogens is 3. The number of hydrogen-bond acceptors (Lipinski definition) is 4. The fourth-order valence-electron chi connectivity index (χ4n) is 2.42. The molecule has 1 aliphatic heterocycles. The second-order valence-corrected chi connectivity index (χ2v) is 6.95. The molecule has 2 rings (SSSR count). The Bertz CT molecular complexity index is 656. The predicted octanol–water partition coefficient (Wildman–Crippen LogP) is 1.54. The summed E-state index contributed by atoms with van der Waals surface area (Å²) in [7, 11) is -5.40. The number of nitrogens with two attached hydrogens (primary N) is 1. The maximum atomic E-state index is 12.4. The molecule has 0 spiro atoms. The maximum Gasteiger partial charge on any atom is 0.501 e. The predicted molar refractivity (Wildman–Crippen MR) is 72.8 cm³/mol. The summed E-state index contributed by atoms with van der Waals surface area (Å²) in [6, 6.07) is 3.68. The molecule has 1 aliphatic rings. The Balaban J connectivity index is 2.24. The van der Waals surface area contributed by atoms with Gasteiger partial charge in [0.15, 0.2) is 0 Å². The van der Waals surface area contributed by atoms with Crippen LogP contribution in [0.2, 0.25) is 0 Å². The van der Waals surface area contributed by atoms with E-state index >= 15 is 0 Å². The standard InChI is InChI=1S/C13H15F3N2O3S/c14-13(15,16)22(20,21)11-5-3-9(4-6-11)12(19)18-7-1-2-10(18)8-17/h3-6,10H,1-2,7-8,17H2/t10-/m0/s1. The lowest BCUT2D eigenvalue weighted by molar-refractivity contribution is -0.0436. The van der Waals surface area contributed by atoms with Gasteiger partial charge in [0.2, 0.25) is 0 Å². The second-order valence-electron chi connectivity index (χ2n) is 5.00. The molecular formula is C13H15F3N2O3S. The average molecular weight is 336 g/mol. The Kier molecular flexibility index (Phi) is 4.48. The number of amides is 1. The van der Waals surface area contributed by atoms with E-state index < -0.39 is 20.2 Å². The minimum Gasteiger partial charge on any atom is -0.334 e. The zero-order valence-electron chi connectivity index (χ0n) is 11.5. The maximum absolute atomic E-state index is 12.4. The first-order valence-corrected chi connectivity index (χ1v) is 8.09. The van der Waals surface area contributed by atoms with E-state index in [1.54, 1.807) is 4.90 Å². The minimum atomic E-state index is -5.40. The van der Waals surface area contributed by atoms with Crippen LogP contribution in [-0.2, 0) is 9.84 Å². The normalized spacial score (nSPS) is 19.5. The Hall–Kier alpha value is -1.61. The Morgan fingerprint density at radius 2 is 1.86 bits per heavy atom. The van der Waals surface area contributed by atoms with Crippen molar-refractivity contribution in [1.82, 2.24) is 4.90 Å². The fourth-order valence-corrected chi connectivity index (χ4v) is 3.19. The highest BCUT2D eigenvalue weighted by molar-refractivity contribution is 7.92. The van der Waals surface area contributed by atoms with E-state index in [0.717, 1.165) is 37.1 Å². The molecule has 2 N–H and O–H groups in total. The monoisotopic (exact) mass is 336 g/mol. The highest BCUT2D eigenvalue weighted by Crippen LogP contribution is 2.30. The van der Waals surface area contributed by atoms with Gasteiger partial charge < -0.3 is 10.6 Å². The molecule has 0 aliphatic carbocycles. The molecule has 1 atom stereocenters. The first-order valence-electron chi connectivity index (χ1n) is 6.61. The lowest BCUT2D eigenvalue weighted by Gasteiger charge is -2.23. The highest BCUT2D eigenvalue weighted by Gasteiger charge is 2.46. The SMILES string of the molecule is NC[C@@H]1CCCN1C(=O)c1ccc(S(=O)(=O)C(F)(F)F)cc1. The molecule has 0 aromatic heterocycles. The van der Waals surface area contributed by atoms with E-state index in [9.17, 15) is 26.4 Å². The van der Waals surface area contributed by atoms with Gasteiger partial charge in [-0.15, -0.1) is 0 Å². The molecule has 1 aromatic rings. The van der Waals surface area contributed by atoms with E-state index in [2.05, 4.69) is 0 Å². The smallest absolute Gasteiger partial charge is 0.334 e. The molecule has 22 heavy (non-hydrogen) atoms. The molecule has 9 heteroatoms. The molecule has 122 valence electrons. The summed E-state index contributed by atoms with van der Waals surface area (Å²) in [6.45, 7) is 0.843. The summed E-state index contributed by atoms with van der Waals surface area (Å²) in [5.74, 6) is -0.357. The van der Waals surface area contributed by atoms with Gasteiger partial charge in [-0.1, -0.05) is 0 Å². The van der Waals surface area contributed by atoms with Crippen molar-refractivity contribution in [3.63, 3.8) is 0 Å². The molecule has 0 bridgehead atoms. The highest BCUT2D eigenvalue weighted by atomic mass is 32.2. The molecule has 1 aromatic carbocycles. The van der Waals surface area contributed by atoms with Crippen molar-refractivity contribution >= 4 is 15.7 Å². The van der Waals surface area contributed by atoms with Crippen molar-refractivity contribution < 1.29 is 26.4 Å². The zero-order valence-corrected chi connectivity index (χ0v) is 12.3. The van der Waals surface area contributed by atoms with E-state index in [-0.39, 0.29) is 17.5 Å². The quantitative estimate of drug-likeness (QED) is 0.908. The number of hydrogen-bond donors (Lipinski definition) is 1. The van der Waals surface area contributed by atoms with Gasteiger partial charge in [0, 0.05) is 24.7 Å². The summed E-state index contributed by atoms with van der Waals surface area (Å²) < 4.78 is 59.8. The third kappa shape index (κ3) is 2.95. The van der Waals surface area contributed by atoms with Crippen LogP contribution in [0, 0.1) is 0 Å². The average Bonchev–Trinajstić information content (AvgIpc) is 2.94. The van der Waals surface area contributed by atoms with Crippen LogP contribution in [0.25, 0.3) is 0 Å². The molecule has 1 fully saturated rings. The third-order valence-corrected chi connectivity index (χ3v) is 5.13. The summed E-state index contributed by atoms with van der Waals surface area (Å²) in [6.07, 6.45) is 1.59. The van der Waals surface area contributed by atoms with E-state index in [1.165, 1.54) is 0 Å². The minimum absolute atomic E-state index is 0.0916. The van der Waals surface area contributed by atoms with Crippen molar-refractivity contribution in [3.8, 4) is 0 Å². The van der Waals surface area contributed by atoms with Crippen LogP contribution in [0.15, 0.2) is 29.2 Å². The molecule has 1 saturated heterocycles. The van der Waals surface area contributed by atoms with Crippen LogP contribution in [0.3, 0.4) is 0 Å². The van der Waals surface area contributed by atoms with Crippen LogP contribution in [0.5, 0.6) is 0 Å². The topological polar surface area (TPSA) is 80.5 Å².